The van der Waals surface area contributed by atoms with Gasteiger partial charge in [0.25, 0.3) is 31.9 Å². The summed E-state index contributed by atoms with van der Waals surface area (Å²) in [4.78, 5) is 125. The first-order valence-electron chi connectivity index (χ1n) is 28.2. The third-order valence-corrected chi connectivity index (χ3v) is 20.4. The van der Waals surface area contributed by atoms with Crippen molar-refractivity contribution in [2.75, 3.05) is 36.8 Å². The number of fused-ring (bicyclic) bond motifs is 3. The van der Waals surface area contributed by atoms with E-state index < -0.39 is 80.7 Å². The standard InChI is InChI=1S/C31H24N8O7S2.C30H24N6O8S2/c40-24(38-15-16-39(31(42)46-38)48(43,44)30-35-22-13-7-8-14-23(22)47-30)17-37-19-34-25-27(32-18-33-28(25)37)36-29(41)45-26(20-9-3-1-4-10-20)21-11-5-2-6-12-21;37-25(35-17-18-36(30(40)44-35)46(41,42)29-31-22-13-7-8-14-23(22)45-29)19-34-16-15-24(32-27(34)38)33-28(39)43-26(20-9-3-1-4-10-20)21-11-5-2-6-12-21/h1-14,18-19,26H,15-17H2,(H,32,33,36,41);1-16,26H,17-19H2,(H,32,33,38,39). The third-order valence-electron chi connectivity index (χ3n) is 14.1. The first kappa shape index (κ1) is 62.6. The number of anilines is 2. The normalized spacial score (nSPS) is 13.5. The molecule has 6 amide bonds. The van der Waals surface area contributed by atoms with E-state index in [9.17, 15) is 50.4 Å². The van der Waals surface area contributed by atoms with E-state index >= 15 is 0 Å². The summed E-state index contributed by atoms with van der Waals surface area (Å²) in [6.45, 7) is -2.16. The molecule has 29 nitrogen and oxygen atoms in total. The Morgan fingerprint density at radius 1 is 0.500 bits per heavy atom. The number of hydroxylamine groups is 4. The van der Waals surface area contributed by atoms with E-state index in [1.807, 2.05) is 121 Å². The van der Waals surface area contributed by atoms with Gasteiger partial charge in [-0.05, 0) is 52.6 Å². The lowest BCUT2D eigenvalue weighted by molar-refractivity contribution is -0.174. The Kier molecular flexibility index (Phi) is 18.1. The molecule has 0 radical (unpaired) electrons. The van der Waals surface area contributed by atoms with Gasteiger partial charge in [0, 0.05) is 6.20 Å². The highest BCUT2D eigenvalue weighted by atomic mass is 32.3. The van der Waals surface area contributed by atoms with Gasteiger partial charge in [-0.25, -0.2) is 48.9 Å². The summed E-state index contributed by atoms with van der Waals surface area (Å²) < 4.78 is 68.0. The molecular formula is C61H48N14O15S4. The summed E-state index contributed by atoms with van der Waals surface area (Å²) >= 11 is 1.84. The molecule has 2 saturated heterocycles. The molecule has 94 heavy (non-hydrogen) atoms. The molecule has 0 unspecified atom stereocenters. The minimum Gasteiger partial charge on any atom is -0.436 e. The Morgan fingerprint density at radius 2 is 0.926 bits per heavy atom. The Labute approximate surface area is 540 Å². The highest BCUT2D eigenvalue weighted by molar-refractivity contribution is 7.92. The molecule has 0 bridgehead atoms. The Hall–Kier alpha value is -11.6. The van der Waals surface area contributed by atoms with Gasteiger partial charge in [-0.3, -0.25) is 24.8 Å². The number of amides is 6. The van der Waals surface area contributed by atoms with Gasteiger partial charge in [0.15, 0.2) is 29.2 Å². The van der Waals surface area contributed by atoms with Crippen molar-refractivity contribution in [2.45, 2.75) is 34.0 Å². The molecule has 0 saturated carbocycles. The van der Waals surface area contributed by atoms with E-state index in [1.54, 1.807) is 48.5 Å². The second kappa shape index (κ2) is 27.1. The summed E-state index contributed by atoms with van der Waals surface area (Å²) in [6.07, 6.45) is -1.84. The van der Waals surface area contributed by atoms with Gasteiger partial charge >= 0.3 is 30.1 Å². The van der Waals surface area contributed by atoms with Crippen LogP contribution in [0.1, 0.15) is 34.5 Å². The van der Waals surface area contributed by atoms with Crippen LogP contribution in [0.15, 0.2) is 208 Å². The molecule has 2 aliphatic heterocycles. The molecule has 13 rings (SSSR count). The number of sulfonamides is 2. The lowest BCUT2D eigenvalue weighted by atomic mass is 10.0. The summed E-state index contributed by atoms with van der Waals surface area (Å²) in [7, 11) is -8.63. The molecule has 0 aliphatic carbocycles. The molecule has 0 spiro atoms. The quantitative estimate of drug-likeness (QED) is 0.0921. The second-order valence-corrected chi connectivity index (χ2v) is 26.3. The summed E-state index contributed by atoms with van der Waals surface area (Å²) in [5.41, 5.74) is 3.48. The first-order chi connectivity index (χ1) is 45.5. The van der Waals surface area contributed by atoms with E-state index in [0.29, 0.717) is 34.1 Å². The van der Waals surface area contributed by atoms with Crippen molar-refractivity contribution >= 4 is 122 Å². The van der Waals surface area contributed by atoms with E-state index in [2.05, 4.69) is 40.5 Å². The Bertz CT molecular complexity index is 4830. The predicted molar refractivity (Wildman–Crippen MR) is 337 cm³/mol. The number of hydrogen-bond acceptors (Lipinski definition) is 23. The minimum atomic E-state index is -4.32. The number of para-hydroxylation sites is 2. The van der Waals surface area contributed by atoms with Crippen LogP contribution in [-0.2, 0) is 61.9 Å². The molecule has 7 heterocycles. The van der Waals surface area contributed by atoms with Crippen LogP contribution in [0.5, 0.6) is 0 Å². The van der Waals surface area contributed by atoms with Crippen LogP contribution >= 0.6 is 22.7 Å². The zero-order valence-corrected chi connectivity index (χ0v) is 51.8. The van der Waals surface area contributed by atoms with Crippen LogP contribution in [0.3, 0.4) is 0 Å². The van der Waals surface area contributed by atoms with Crippen molar-refractivity contribution in [1.82, 2.24) is 57.8 Å². The van der Waals surface area contributed by atoms with Crippen LogP contribution in [0.4, 0.5) is 30.8 Å². The van der Waals surface area contributed by atoms with E-state index in [4.69, 9.17) is 19.1 Å². The van der Waals surface area contributed by atoms with E-state index in [0.717, 1.165) is 54.6 Å². The molecule has 476 valence electrons. The molecular weight excluding hydrogens is 1300 g/mol. The number of benzene rings is 6. The van der Waals surface area contributed by atoms with Crippen LogP contribution in [-0.4, -0.2) is 137 Å². The largest absolute Gasteiger partial charge is 0.448 e. The molecule has 11 aromatic rings. The first-order valence-corrected chi connectivity index (χ1v) is 32.7. The van der Waals surface area contributed by atoms with Crippen LogP contribution in [0.25, 0.3) is 31.6 Å². The maximum Gasteiger partial charge on any atom is 0.448 e. The Morgan fingerprint density at radius 3 is 1.36 bits per heavy atom. The van der Waals surface area contributed by atoms with Crippen molar-refractivity contribution in [2.24, 2.45) is 0 Å². The fraction of sp³-hybridized carbons (Fsp3) is 0.131. The van der Waals surface area contributed by atoms with Crippen molar-refractivity contribution in [3.05, 3.63) is 228 Å². The molecule has 0 atom stereocenters. The number of carbonyl (C=O) groups excluding carboxylic acids is 6. The summed E-state index contributed by atoms with van der Waals surface area (Å²) in [5, 5.41) is 6.50. The van der Waals surface area contributed by atoms with Crippen LogP contribution < -0.4 is 16.3 Å². The van der Waals surface area contributed by atoms with Gasteiger partial charge in [0.1, 0.15) is 25.2 Å². The van der Waals surface area contributed by atoms with Gasteiger partial charge in [-0.1, -0.05) is 146 Å². The zero-order valence-electron chi connectivity index (χ0n) is 48.5. The number of nitrogens with zero attached hydrogens (tertiary/aromatic N) is 12. The van der Waals surface area contributed by atoms with Gasteiger partial charge in [-0.2, -0.15) is 40.6 Å². The molecule has 5 aromatic heterocycles. The van der Waals surface area contributed by atoms with E-state index in [-0.39, 0.29) is 64.2 Å². The second-order valence-electron chi connectivity index (χ2n) is 20.2. The van der Waals surface area contributed by atoms with Crippen molar-refractivity contribution < 1.29 is 64.8 Å². The summed E-state index contributed by atoms with van der Waals surface area (Å²) in [5.74, 6) is -1.53. The average molecular weight is 1350 g/mol. The molecule has 2 aliphatic rings. The highest BCUT2D eigenvalue weighted by Crippen LogP contribution is 2.32. The number of rotatable bonds is 16. The average Bonchev–Trinajstić information content (AvgIpc) is 1.55. The maximum atomic E-state index is 13.2. The summed E-state index contributed by atoms with van der Waals surface area (Å²) in [6, 6.07) is 51.8. The number of thiazole rings is 2. The van der Waals surface area contributed by atoms with Crippen molar-refractivity contribution in [3.63, 3.8) is 0 Å². The van der Waals surface area contributed by atoms with Crippen molar-refractivity contribution in [3.8, 4) is 0 Å². The molecule has 2 fully saturated rings. The minimum absolute atomic E-state index is 0.0520. The lowest BCUT2D eigenvalue weighted by Gasteiger charge is -2.31. The monoisotopic (exact) mass is 1340 g/mol. The smallest absolute Gasteiger partial charge is 0.436 e. The van der Waals surface area contributed by atoms with Crippen LogP contribution in [0, 0.1) is 0 Å². The van der Waals surface area contributed by atoms with Crippen LogP contribution in [0.2, 0.25) is 0 Å². The number of carbonyl (C=O) groups is 6. The van der Waals surface area contributed by atoms with Gasteiger partial charge < -0.3 is 23.7 Å². The molecule has 2 N–H and O–H groups in total. The fourth-order valence-corrected chi connectivity index (χ4v) is 14.8. The SMILES string of the molecule is O=C(Nc1ccn(CC(=O)N2CCN(S(=O)(=O)c3nc4ccccc4s3)C(=O)O2)c(=O)n1)OC(c1ccccc1)c1ccccc1.O=C(Nc1ncnc2c1ncn2CC(=O)N1CCN(S(=O)(=O)c2nc3ccccc3s2)C(=O)O1)OC(c1ccccc1)c1ccccc1. The van der Waals surface area contributed by atoms with Crippen molar-refractivity contribution in [1.29, 1.82) is 0 Å². The third kappa shape index (κ3) is 13.7. The topological polar surface area (TPSA) is 349 Å². The number of ether oxygens (including phenoxy) is 2. The van der Waals surface area contributed by atoms with E-state index in [1.165, 1.54) is 29.5 Å². The molecule has 6 aromatic carbocycles. The van der Waals surface area contributed by atoms with Gasteiger partial charge in [0.05, 0.1) is 52.9 Å². The number of aromatic nitrogens is 8. The van der Waals surface area contributed by atoms with Gasteiger partial charge in [0.2, 0.25) is 8.68 Å². The number of imidazole rings is 1. The van der Waals surface area contributed by atoms with Gasteiger partial charge in [-0.15, -0.1) is 22.7 Å². The molecule has 33 heteroatoms. The maximum absolute atomic E-state index is 13.2. The highest BCUT2D eigenvalue weighted by Gasteiger charge is 2.41. The number of nitrogens with one attached hydrogen (secondary N) is 2. The lowest BCUT2D eigenvalue weighted by Crippen LogP contribution is -2.52. The fourth-order valence-electron chi connectivity index (χ4n) is 9.61. The predicted octanol–water partition coefficient (Wildman–Crippen LogP) is 8.13. The zero-order chi connectivity index (χ0) is 65.5. The Balaban J connectivity index is 0.000000181. The number of hydrogen-bond donors (Lipinski definition) is 2.